The second-order valence-corrected chi connectivity index (χ2v) is 7.19. The van der Waals surface area contributed by atoms with Gasteiger partial charge >= 0.3 is 0 Å². The van der Waals surface area contributed by atoms with Crippen molar-refractivity contribution in [3.05, 3.63) is 17.5 Å². The minimum atomic E-state index is 0. The van der Waals surface area contributed by atoms with Gasteiger partial charge in [-0.15, -0.1) is 24.0 Å². The van der Waals surface area contributed by atoms with Crippen LogP contribution in [0.4, 0.5) is 0 Å². The van der Waals surface area contributed by atoms with E-state index in [0.29, 0.717) is 0 Å². The van der Waals surface area contributed by atoms with Gasteiger partial charge in [-0.25, -0.2) is 0 Å². The maximum absolute atomic E-state index is 4.69. The van der Waals surface area contributed by atoms with Gasteiger partial charge in [0.15, 0.2) is 5.96 Å². The molecule has 0 unspecified atom stereocenters. The molecule has 1 saturated heterocycles. The maximum Gasteiger partial charge on any atom is 0.191 e. The van der Waals surface area contributed by atoms with Gasteiger partial charge in [-0.05, 0) is 77.1 Å². The predicted octanol–water partition coefficient (Wildman–Crippen LogP) is 2.95. The Balaban J connectivity index is 0.00000338. The number of aromatic nitrogens is 2. The van der Waals surface area contributed by atoms with Gasteiger partial charge in [0.1, 0.15) is 0 Å². The summed E-state index contributed by atoms with van der Waals surface area (Å²) in [6.07, 6.45) is 7.87. The average molecular weight is 476 g/mol. The molecule has 0 aliphatic carbocycles. The zero-order valence-electron chi connectivity index (χ0n) is 16.7. The molecule has 1 aromatic heterocycles. The largest absolute Gasteiger partial charge is 0.357 e. The molecule has 150 valence electrons. The molecule has 2 rings (SSSR count). The quantitative estimate of drug-likeness (QED) is 0.222. The summed E-state index contributed by atoms with van der Waals surface area (Å²) < 4.78 is 0. The van der Waals surface area contributed by atoms with Crippen molar-refractivity contribution in [2.24, 2.45) is 10.9 Å². The minimum Gasteiger partial charge on any atom is -0.357 e. The zero-order valence-corrected chi connectivity index (χ0v) is 19.0. The van der Waals surface area contributed by atoms with Crippen molar-refractivity contribution in [2.45, 2.75) is 52.9 Å². The first-order valence-corrected chi connectivity index (χ1v) is 9.92. The number of halogens is 1. The highest BCUT2D eigenvalue weighted by Crippen LogP contribution is 2.15. The number of rotatable bonds is 9. The van der Waals surface area contributed by atoms with Crippen molar-refractivity contribution in [1.82, 2.24) is 25.7 Å². The number of nitrogens with one attached hydrogen (secondary N) is 3. The summed E-state index contributed by atoms with van der Waals surface area (Å²) in [5, 5.41) is 13.9. The molecule has 0 aromatic carbocycles. The Morgan fingerprint density at radius 2 is 2.08 bits per heavy atom. The second-order valence-electron chi connectivity index (χ2n) is 7.19. The number of hydrogen-bond donors (Lipinski definition) is 3. The van der Waals surface area contributed by atoms with E-state index in [1.54, 1.807) is 0 Å². The van der Waals surface area contributed by atoms with Crippen molar-refractivity contribution < 1.29 is 0 Å². The van der Waals surface area contributed by atoms with Crippen LogP contribution < -0.4 is 10.6 Å². The van der Waals surface area contributed by atoms with Crippen LogP contribution in [0, 0.1) is 12.8 Å². The fourth-order valence-electron chi connectivity index (χ4n) is 3.22. The standard InChI is InChI=1S/C19H36N6.HI/c1-4-20-19(21-10-5-7-18-15-23-24-17(18)3)22-11-6-12-25-13-8-16(2)9-14-25;/h15-16H,4-14H2,1-3H3,(H,23,24)(H2,20,21,22);1H. The summed E-state index contributed by atoms with van der Waals surface area (Å²) in [6.45, 7) is 13.0. The van der Waals surface area contributed by atoms with Crippen LogP contribution >= 0.6 is 24.0 Å². The van der Waals surface area contributed by atoms with Crippen LogP contribution in [0.25, 0.3) is 0 Å². The highest BCUT2D eigenvalue weighted by Gasteiger charge is 2.14. The summed E-state index contributed by atoms with van der Waals surface area (Å²) >= 11 is 0. The summed E-state index contributed by atoms with van der Waals surface area (Å²) in [4.78, 5) is 7.28. The molecule has 26 heavy (non-hydrogen) atoms. The third-order valence-electron chi connectivity index (χ3n) is 4.97. The fraction of sp³-hybridized carbons (Fsp3) is 0.789. The van der Waals surface area contributed by atoms with Gasteiger partial charge in [-0.3, -0.25) is 10.1 Å². The number of piperidine rings is 1. The van der Waals surface area contributed by atoms with Crippen LogP contribution in [0.3, 0.4) is 0 Å². The summed E-state index contributed by atoms with van der Waals surface area (Å²) in [5.41, 5.74) is 2.46. The van der Waals surface area contributed by atoms with Crippen molar-refractivity contribution in [3.8, 4) is 0 Å². The van der Waals surface area contributed by atoms with E-state index in [2.05, 4.69) is 51.5 Å². The molecule has 1 aliphatic rings. The van der Waals surface area contributed by atoms with Gasteiger partial charge in [0.05, 0.1) is 6.20 Å². The Kier molecular flexibility index (Phi) is 11.9. The van der Waals surface area contributed by atoms with E-state index in [-0.39, 0.29) is 24.0 Å². The lowest BCUT2D eigenvalue weighted by atomic mass is 9.99. The molecule has 1 fully saturated rings. The molecule has 0 amide bonds. The van der Waals surface area contributed by atoms with Gasteiger partial charge in [0.25, 0.3) is 0 Å². The fourth-order valence-corrected chi connectivity index (χ4v) is 3.22. The van der Waals surface area contributed by atoms with Crippen LogP contribution in [-0.4, -0.2) is 60.3 Å². The third kappa shape index (κ3) is 8.70. The number of hydrogen-bond acceptors (Lipinski definition) is 3. The highest BCUT2D eigenvalue weighted by molar-refractivity contribution is 14.0. The predicted molar refractivity (Wildman–Crippen MR) is 120 cm³/mol. The number of aryl methyl sites for hydroxylation is 2. The van der Waals surface area contributed by atoms with E-state index < -0.39 is 0 Å². The van der Waals surface area contributed by atoms with Crippen LogP contribution in [-0.2, 0) is 6.42 Å². The normalized spacial score (nSPS) is 16.3. The van der Waals surface area contributed by atoms with Gasteiger partial charge in [-0.1, -0.05) is 6.92 Å². The summed E-state index contributed by atoms with van der Waals surface area (Å²) in [7, 11) is 0. The minimum absolute atomic E-state index is 0. The van der Waals surface area contributed by atoms with Gasteiger partial charge in [-0.2, -0.15) is 5.10 Å². The number of likely N-dealkylation sites (tertiary alicyclic amines) is 1. The van der Waals surface area contributed by atoms with Crippen LogP contribution in [0.2, 0.25) is 0 Å². The summed E-state index contributed by atoms with van der Waals surface area (Å²) in [5.74, 6) is 1.85. The average Bonchev–Trinajstić information content (AvgIpc) is 3.02. The molecule has 3 N–H and O–H groups in total. The SMILES string of the molecule is CCNC(=NCCCc1cn[nH]c1C)NCCCN1CCC(C)CC1.I. The lowest BCUT2D eigenvalue weighted by Gasteiger charge is -2.30. The van der Waals surface area contributed by atoms with E-state index >= 15 is 0 Å². The molecular weight excluding hydrogens is 439 g/mol. The van der Waals surface area contributed by atoms with Crippen LogP contribution in [0.5, 0.6) is 0 Å². The molecule has 2 heterocycles. The Bertz CT molecular complexity index is 508. The number of aliphatic imine (C=N–C) groups is 1. The van der Waals surface area contributed by atoms with Crippen molar-refractivity contribution >= 4 is 29.9 Å². The molecule has 1 aliphatic heterocycles. The molecule has 0 spiro atoms. The van der Waals surface area contributed by atoms with E-state index in [9.17, 15) is 0 Å². The molecule has 0 radical (unpaired) electrons. The Labute approximate surface area is 176 Å². The van der Waals surface area contributed by atoms with E-state index in [1.165, 1.54) is 50.2 Å². The second kappa shape index (κ2) is 13.4. The lowest BCUT2D eigenvalue weighted by Crippen LogP contribution is -2.39. The van der Waals surface area contributed by atoms with Gasteiger partial charge in [0, 0.05) is 25.3 Å². The van der Waals surface area contributed by atoms with Crippen LogP contribution in [0.1, 0.15) is 50.8 Å². The highest BCUT2D eigenvalue weighted by atomic mass is 127. The Morgan fingerprint density at radius 1 is 1.31 bits per heavy atom. The first-order chi connectivity index (χ1) is 12.2. The number of nitrogens with zero attached hydrogens (tertiary/aromatic N) is 3. The van der Waals surface area contributed by atoms with Crippen molar-refractivity contribution in [1.29, 1.82) is 0 Å². The van der Waals surface area contributed by atoms with Crippen molar-refractivity contribution in [3.63, 3.8) is 0 Å². The molecule has 0 atom stereocenters. The monoisotopic (exact) mass is 476 g/mol. The first-order valence-electron chi connectivity index (χ1n) is 9.92. The van der Waals surface area contributed by atoms with E-state index in [0.717, 1.165) is 44.4 Å². The Hall–Kier alpha value is -0.830. The first kappa shape index (κ1) is 23.2. The van der Waals surface area contributed by atoms with E-state index in [4.69, 9.17) is 0 Å². The molecule has 0 bridgehead atoms. The third-order valence-corrected chi connectivity index (χ3v) is 4.97. The number of guanidine groups is 1. The molecule has 7 heteroatoms. The molecular formula is C19H37IN6. The smallest absolute Gasteiger partial charge is 0.191 e. The maximum atomic E-state index is 4.69. The van der Waals surface area contributed by atoms with Gasteiger partial charge in [0.2, 0.25) is 0 Å². The topological polar surface area (TPSA) is 68.3 Å². The Morgan fingerprint density at radius 3 is 2.73 bits per heavy atom. The van der Waals surface area contributed by atoms with Crippen LogP contribution in [0.15, 0.2) is 11.2 Å². The lowest BCUT2D eigenvalue weighted by molar-refractivity contribution is 0.191. The molecule has 1 aromatic rings. The molecule has 6 nitrogen and oxygen atoms in total. The number of aromatic amines is 1. The number of H-pyrrole nitrogens is 1. The molecule has 0 saturated carbocycles. The van der Waals surface area contributed by atoms with Gasteiger partial charge < -0.3 is 15.5 Å². The summed E-state index contributed by atoms with van der Waals surface area (Å²) in [6, 6.07) is 0. The zero-order chi connectivity index (χ0) is 17.9. The van der Waals surface area contributed by atoms with E-state index in [1.807, 2.05) is 6.20 Å². The van der Waals surface area contributed by atoms with Crippen molar-refractivity contribution in [2.75, 3.05) is 39.3 Å².